The predicted octanol–water partition coefficient (Wildman–Crippen LogP) is 5.46. The number of alkyl halides is 17. The second kappa shape index (κ2) is 5.67. The van der Waals surface area contributed by atoms with Crippen molar-refractivity contribution in [3.63, 3.8) is 0 Å². The molecule has 1 aliphatic rings. The minimum Gasteiger partial charge on any atom is -0.237 e. The summed E-state index contributed by atoms with van der Waals surface area (Å²) in [5, 5.41) is 0. The van der Waals surface area contributed by atoms with E-state index < -0.39 is 60.0 Å². The summed E-state index contributed by atoms with van der Waals surface area (Å²) in [7, 11) is 0. The lowest BCUT2D eigenvalue weighted by Gasteiger charge is -2.45. The Morgan fingerprint density at radius 1 is 0.370 bits per heavy atom. The van der Waals surface area contributed by atoms with E-state index >= 15 is 0 Å². The van der Waals surface area contributed by atoms with Gasteiger partial charge in [-0.15, -0.1) is 0 Å². The van der Waals surface area contributed by atoms with E-state index in [0.717, 1.165) is 0 Å². The van der Waals surface area contributed by atoms with E-state index in [1.54, 1.807) is 0 Å². The third-order valence-electron chi connectivity index (χ3n) is 3.65. The highest BCUT2D eigenvalue weighted by Crippen LogP contribution is 2.63. The summed E-state index contributed by atoms with van der Waals surface area (Å²) in [4.78, 5) is 0. The minimum absolute atomic E-state index is 5.84. The first kappa shape index (κ1) is 23.8. The third-order valence-corrected chi connectivity index (χ3v) is 3.65. The van der Waals surface area contributed by atoms with Crippen LogP contribution < -0.4 is 0 Å². The monoisotopic (exact) mass is 446 g/mol. The first-order valence-electron chi connectivity index (χ1n) is 6.04. The smallest absolute Gasteiger partial charge is 0.237 e. The molecule has 0 spiro atoms. The van der Waals surface area contributed by atoms with Gasteiger partial charge in [-0.2, -0.15) is 61.5 Å². The molecule has 0 aromatic carbocycles. The molecule has 0 aromatic heterocycles. The molecule has 0 N–H and O–H groups in total. The van der Waals surface area contributed by atoms with Crippen LogP contribution in [0.4, 0.5) is 74.6 Å². The van der Waals surface area contributed by atoms with E-state index in [2.05, 4.69) is 0 Å². The first-order chi connectivity index (χ1) is 11.5. The van der Waals surface area contributed by atoms with Gasteiger partial charge in [0.25, 0.3) is 0 Å². The van der Waals surface area contributed by atoms with E-state index in [0.29, 0.717) is 0 Å². The summed E-state index contributed by atoms with van der Waals surface area (Å²) >= 11 is 0. The maximum absolute atomic E-state index is 13.1. The fraction of sp³-hybridized carbons (Fsp3) is 1.00. The molecule has 3 atom stereocenters. The predicted molar refractivity (Wildman–Crippen MR) is 49.3 cm³/mol. The molecule has 0 amide bonds. The lowest BCUT2D eigenvalue weighted by atomic mass is 9.82. The summed E-state index contributed by atoms with van der Waals surface area (Å²) in [6.45, 7) is 0. The van der Waals surface area contributed by atoms with E-state index in [4.69, 9.17) is 0 Å². The molecule has 1 aliphatic carbocycles. The topological polar surface area (TPSA) is 0 Å². The molecule has 1 rings (SSSR count). The molecule has 0 bridgehead atoms. The molecular weight excluding hydrogens is 443 g/mol. The maximum atomic E-state index is 13.1. The first-order valence-corrected chi connectivity index (χ1v) is 6.04. The van der Waals surface area contributed by atoms with Gasteiger partial charge in [0.1, 0.15) is 0 Å². The molecule has 162 valence electrons. The fourth-order valence-corrected chi connectivity index (χ4v) is 1.91. The van der Waals surface area contributed by atoms with Crippen LogP contribution in [0.15, 0.2) is 0 Å². The van der Waals surface area contributed by atoms with Gasteiger partial charge >= 0.3 is 41.5 Å². The summed E-state index contributed by atoms with van der Waals surface area (Å²) in [5.74, 6) is -55.3. The van der Waals surface area contributed by atoms with Crippen LogP contribution in [0, 0.1) is 0 Å². The second-order valence-corrected chi connectivity index (χ2v) is 5.38. The van der Waals surface area contributed by atoms with Gasteiger partial charge in [0.2, 0.25) is 18.5 Å². The van der Waals surface area contributed by atoms with Crippen LogP contribution in [0.25, 0.3) is 0 Å². The summed E-state index contributed by atoms with van der Waals surface area (Å²) < 4.78 is 222. The van der Waals surface area contributed by atoms with Crippen molar-refractivity contribution in [2.24, 2.45) is 0 Å². The zero-order chi connectivity index (χ0) is 22.2. The summed E-state index contributed by atoms with van der Waals surface area (Å²) in [5.41, 5.74) is 0. The average Bonchev–Trinajstić information content (AvgIpc) is 2.50. The van der Waals surface area contributed by atoms with Gasteiger partial charge in [-0.05, 0) is 0 Å². The normalized spacial score (nSPS) is 38.8. The second-order valence-electron chi connectivity index (χ2n) is 5.38. The maximum Gasteiger partial charge on any atom is 0.384 e. The third kappa shape index (κ3) is 2.50. The summed E-state index contributed by atoms with van der Waals surface area (Å²) in [6.07, 6.45) is -18.1. The Bertz CT molecular complexity index is 576. The largest absolute Gasteiger partial charge is 0.384 e. The van der Waals surface area contributed by atoms with Crippen LogP contribution in [0.5, 0.6) is 0 Å². The highest BCUT2D eigenvalue weighted by Gasteiger charge is 2.94. The van der Waals surface area contributed by atoms with Gasteiger partial charge in [-0.1, -0.05) is 0 Å². The van der Waals surface area contributed by atoms with Crippen molar-refractivity contribution in [3.05, 3.63) is 0 Å². The Balaban J connectivity index is 4.00. The molecule has 3 unspecified atom stereocenters. The van der Waals surface area contributed by atoms with Gasteiger partial charge in [0.05, 0.1) is 0 Å². The Hall–Kier alpha value is -1.19. The lowest BCUT2D eigenvalue weighted by Crippen LogP contribution is -2.76. The molecular formula is C10H3F17. The molecule has 1 saturated carbocycles. The summed E-state index contributed by atoms with van der Waals surface area (Å²) in [6, 6.07) is 0. The highest BCUT2D eigenvalue weighted by molar-refractivity contribution is 5.18. The van der Waals surface area contributed by atoms with Gasteiger partial charge in [0, 0.05) is 0 Å². The van der Waals surface area contributed by atoms with Crippen molar-refractivity contribution in [1.82, 2.24) is 0 Å². The van der Waals surface area contributed by atoms with Crippen molar-refractivity contribution in [3.8, 4) is 0 Å². The Morgan fingerprint density at radius 2 is 0.667 bits per heavy atom. The van der Waals surface area contributed by atoms with Crippen molar-refractivity contribution in [2.45, 2.75) is 60.0 Å². The fourth-order valence-electron chi connectivity index (χ4n) is 1.91. The Morgan fingerprint density at radius 3 is 1.00 bits per heavy atom. The number of hydrogen-bond donors (Lipinski definition) is 0. The van der Waals surface area contributed by atoms with Gasteiger partial charge in [-0.3, -0.25) is 0 Å². The van der Waals surface area contributed by atoms with E-state index in [9.17, 15) is 74.6 Å². The number of rotatable bonds is 0. The van der Waals surface area contributed by atoms with Crippen LogP contribution in [-0.4, -0.2) is 60.0 Å². The minimum atomic E-state index is -8.33. The van der Waals surface area contributed by atoms with Crippen molar-refractivity contribution in [1.29, 1.82) is 0 Å². The highest BCUT2D eigenvalue weighted by atomic mass is 19.4. The standard InChI is InChI=1S/C10H3F17/c11-1-2(12)5(16,17)7(20,21)9(24,25)10(26,27)8(22,23)6(18,19)3(13)4(1,14)15/h1-3H. The molecule has 27 heavy (non-hydrogen) atoms. The van der Waals surface area contributed by atoms with E-state index in [1.165, 1.54) is 0 Å². The van der Waals surface area contributed by atoms with Gasteiger partial charge < -0.3 is 0 Å². The molecule has 0 radical (unpaired) electrons. The lowest BCUT2D eigenvalue weighted by molar-refractivity contribution is -0.446. The SMILES string of the molecule is FC1C(F)C(F)(F)C(F)(F)C(F)(F)C(F)(F)C(F)(F)C(F)(F)C(F)C1(F)F. The Labute approximate surface area is 136 Å². The van der Waals surface area contributed by atoms with Gasteiger partial charge in [-0.25, -0.2) is 13.2 Å². The van der Waals surface area contributed by atoms with Crippen LogP contribution >= 0.6 is 0 Å². The molecule has 0 aliphatic heterocycles. The van der Waals surface area contributed by atoms with Crippen LogP contribution in [0.2, 0.25) is 0 Å². The molecule has 17 heteroatoms. The molecule has 0 nitrogen and oxygen atoms in total. The molecule has 1 fully saturated rings. The van der Waals surface area contributed by atoms with Crippen molar-refractivity contribution in [2.75, 3.05) is 0 Å². The molecule has 0 saturated heterocycles. The average molecular weight is 446 g/mol. The number of hydrogen-bond acceptors (Lipinski definition) is 0. The van der Waals surface area contributed by atoms with Crippen molar-refractivity contribution >= 4 is 0 Å². The zero-order valence-corrected chi connectivity index (χ0v) is 11.7. The van der Waals surface area contributed by atoms with E-state index in [-0.39, 0.29) is 0 Å². The van der Waals surface area contributed by atoms with Crippen LogP contribution in [0.3, 0.4) is 0 Å². The molecule has 0 heterocycles. The zero-order valence-electron chi connectivity index (χ0n) is 11.7. The number of halogens is 17. The van der Waals surface area contributed by atoms with Crippen molar-refractivity contribution < 1.29 is 74.6 Å². The van der Waals surface area contributed by atoms with Gasteiger partial charge in [0.15, 0.2) is 0 Å². The molecule has 0 aromatic rings. The van der Waals surface area contributed by atoms with Crippen LogP contribution in [0.1, 0.15) is 0 Å². The van der Waals surface area contributed by atoms with E-state index in [1.807, 2.05) is 0 Å². The Kier molecular flexibility index (Phi) is 5.01. The quantitative estimate of drug-likeness (QED) is 0.434. The van der Waals surface area contributed by atoms with Crippen LogP contribution in [-0.2, 0) is 0 Å².